The highest BCUT2D eigenvalue weighted by Gasteiger charge is 2.52. The zero-order valence-electron chi connectivity index (χ0n) is 8.46. The van der Waals surface area contributed by atoms with Gasteiger partial charge in [0.25, 0.3) is 0 Å². The number of halogens is 1. The normalized spacial score (nSPS) is 30.4. The second-order valence-electron chi connectivity index (χ2n) is 4.18. The summed E-state index contributed by atoms with van der Waals surface area (Å²) in [5.74, 6) is 0.492. The molecule has 2 unspecified atom stereocenters. The summed E-state index contributed by atoms with van der Waals surface area (Å²) >= 11 is 0. The Balaban J connectivity index is 2.30. The van der Waals surface area contributed by atoms with Crippen molar-refractivity contribution < 1.29 is 4.39 Å². The van der Waals surface area contributed by atoms with E-state index in [0.29, 0.717) is 12.5 Å². The first-order chi connectivity index (χ1) is 6.73. The lowest BCUT2D eigenvalue weighted by atomic mass is 9.92. The minimum absolute atomic E-state index is 0.0802. The van der Waals surface area contributed by atoms with Gasteiger partial charge in [-0.2, -0.15) is 0 Å². The van der Waals surface area contributed by atoms with E-state index in [4.69, 9.17) is 5.73 Å². The molecule has 0 aromatic heterocycles. The Morgan fingerprint density at radius 3 is 2.86 bits per heavy atom. The van der Waals surface area contributed by atoms with Gasteiger partial charge < -0.3 is 5.73 Å². The van der Waals surface area contributed by atoms with Crippen LogP contribution in [0.25, 0.3) is 0 Å². The Morgan fingerprint density at radius 1 is 1.57 bits per heavy atom. The standard InChI is InChI=1S/C12H16FN/c1-2-9-7-12(9,8-14)10-4-3-5-11(13)6-10/h3-6,9H,2,7-8,14H2,1H3. The quantitative estimate of drug-likeness (QED) is 0.784. The molecule has 1 aromatic carbocycles. The van der Waals surface area contributed by atoms with Gasteiger partial charge in [-0.1, -0.05) is 25.5 Å². The monoisotopic (exact) mass is 193 g/mol. The molecule has 0 aliphatic heterocycles. The second kappa shape index (κ2) is 3.35. The van der Waals surface area contributed by atoms with Gasteiger partial charge in [-0.25, -0.2) is 4.39 Å². The van der Waals surface area contributed by atoms with Gasteiger partial charge >= 0.3 is 0 Å². The van der Waals surface area contributed by atoms with Crippen molar-refractivity contribution in [1.82, 2.24) is 0 Å². The highest BCUT2D eigenvalue weighted by Crippen LogP contribution is 2.55. The van der Waals surface area contributed by atoms with Crippen LogP contribution < -0.4 is 5.73 Å². The van der Waals surface area contributed by atoms with Crippen LogP contribution >= 0.6 is 0 Å². The third-order valence-electron chi connectivity index (χ3n) is 3.49. The van der Waals surface area contributed by atoms with Crippen molar-refractivity contribution >= 4 is 0 Å². The van der Waals surface area contributed by atoms with E-state index in [-0.39, 0.29) is 11.2 Å². The Morgan fingerprint density at radius 2 is 2.36 bits per heavy atom. The molecule has 14 heavy (non-hydrogen) atoms. The Kier molecular flexibility index (Phi) is 2.31. The molecule has 0 amide bonds. The first kappa shape index (κ1) is 9.66. The minimum atomic E-state index is -0.155. The molecule has 1 aliphatic rings. The van der Waals surface area contributed by atoms with Crippen molar-refractivity contribution in [3.8, 4) is 0 Å². The van der Waals surface area contributed by atoms with Crippen molar-refractivity contribution in [3.63, 3.8) is 0 Å². The molecule has 76 valence electrons. The fraction of sp³-hybridized carbons (Fsp3) is 0.500. The van der Waals surface area contributed by atoms with Gasteiger partial charge in [-0.05, 0) is 30.0 Å². The van der Waals surface area contributed by atoms with E-state index in [9.17, 15) is 4.39 Å². The number of nitrogens with two attached hydrogens (primary N) is 1. The van der Waals surface area contributed by atoms with Gasteiger partial charge in [0.05, 0.1) is 0 Å². The molecule has 0 spiro atoms. The molecule has 1 fully saturated rings. The predicted octanol–water partition coefficient (Wildman–Crippen LogP) is 2.45. The molecule has 0 radical (unpaired) electrons. The maximum absolute atomic E-state index is 13.1. The van der Waals surface area contributed by atoms with Crippen molar-refractivity contribution in [1.29, 1.82) is 0 Å². The molecular formula is C12H16FN. The van der Waals surface area contributed by atoms with Crippen LogP contribution in [0.5, 0.6) is 0 Å². The fourth-order valence-corrected chi connectivity index (χ4v) is 2.44. The largest absolute Gasteiger partial charge is 0.330 e. The third-order valence-corrected chi connectivity index (χ3v) is 3.49. The summed E-state index contributed by atoms with van der Waals surface area (Å²) in [5, 5.41) is 0. The van der Waals surface area contributed by atoms with Crippen LogP contribution in [0.3, 0.4) is 0 Å². The summed E-state index contributed by atoms with van der Waals surface area (Å²) in [5.41, 5.74) is 6.95. The summed E-state index contributed by atoms with van der Waals surface area (Å²) in [6.45, 7) is 2.80. The number of benzene rings is 1. The van der Waals surface area contributed by atoms with Crippen LogP contribution in [0.15, 0.2) is 24.3 Å². The summed E-state index contributed by atoms with van der Waals surface area (Å²) in [4.78, 5) is 0. The lowest BCUT2D eigenvalue weighted by Gasteiger charge is -2.15. The predicted molar refractivity (Wildman–Crippen MR) is 55.5 cm³/mol. The highest BCUT2D eigenvalue weighted by atomic mass is 19.1. The summed E-state index contributed by atoms with van der Waals surface area (Å²) in [6, 6.07) is 6.87. The van der Waals surface area contributed by atoms with E-state index in [1.165, 1.54) is 6.07 Å². The fourth-order valence-electron chi connectivity index (χ4n) is 2.44. The molecule has 0 saturated heterocycles. The average Bonchev–Trinajstić information content (AvgIpc) is 2.93. The second-order valence-corrected chi connectivity index (χ2v) is 4.18. The van der Waals surface area contributed by atoms with E-state index < -0.39 is 0 Å². The van der Waals surface area contributed by atoms with E-state index >= 15 is 0 Å². The van der Waals surface area contributed by atoms with Crippen LogP contribution in [-0.2, 0) is 5.41 Å². The molecule has 1 aromatic rings. The topological polar surface area (TPSA) is 26.0 Å². The Bertz CT molecular complexity index is 337. The highest BCUT2D eigenvalue weighted by molar-refractivity contribution is 5.34. The van der Waals surface area contributed by atoms with Gasteiger partial charge in [0.1, 0.15) is 5.82 Å². The van der Waals surface area contributed by atoms with Crippen molar-refractivity contribution in [2.24, 2.45) is 11.7 Å². The smallest absolute Gasteiger partial charge is 0.123 e. The van der Waals surface area contributed by atoms with E-state index in [2.05, 4.69) is 6.92 Å². The maximum atomic E-state index is 13.1. The number of hydrogen-bond acceptors (Lipinski definition) is 1. The molecule has 2 atom stereocenters. The first-order valence-corrected chi connectivity index (χ1v) is 5.19. The molecule has 0 bridgehead atoms. The number of hydrogen-bond donors (Lipinski definition) is 1. The van der Waals surface area contributed by atoms with Crippen molar-refractivity contribution in [2.75, 3.05) is 6.54 Å². The van der Waals surface area contributed by atoms with Crippen LogP contribution in [0.2, 0.25) is 0 Å². The molecule has 0 heterocycles. The Hall–Kier alpha value is -0.890. The Labute approximate surface area is 84.1 Å². The molecule has 2 N–H and O–H groups in total. The number of rotatable bonds is 3. The average molecular weight is 193 g/mol. The van der Waals surface area contributed by atoms with Crippen LogP contribution in [-0.4, -0.2) is 6.54 Å². The summed E-state index contributed by atoms with van der Waals surface area (Å²) < 4.78 is 13.1. The van der Waals surface area contributed by atoms with Crippen LogP contribution in [0, 0.1) is 11.7 Å². The molecule has 1 saturated carbocycles. The zero-order chi connectivity index (χ0) is 10.2. The van der Waals surface area contributed by atoms with Crippen molar-refractivity contribution in [3.05, 3.63) is 35.6 Å². The molecular weight excluding hydrogens is 177 g/mol. The molecule has 2 rings (SSSR count). The van der Waals surface area contributed by atoms with Gasteiger partial charge in [0, 0.05) is 12.0 Å². The SMILES string of the molecule is CCC1CC1(CN)c1cccc(F)c1. The van der Waals surface area contributed by atoms with Crippen LogP contribution in [0.1, 0.15) is 25.3 Å². The first-order valence-electron chi connectivity index (χ1n) is 5.19. The maximum Gasteiger partial charge on any atom is 0.123 e. The van der Waals surface area contributed by atoms with Gasteiger partial charge in [0.15, 0.2) is 0 Å². The zero-order valence-corrected chi connectivity index (χ0v) is 8.46. The molecule has 1 nitrogen and oxygen atoms in total. The summed E-state index contributed by atoms with van der Waals surface area (Å²) in [7, 11) is 0. The van der Waals surface area contributed by atoms with E-state index in [0.717, 1.165) is 18.4 Å². The lowest BCUT2D eigenvalue weighted by Crippen LogP contribution is -2.22. The molecule has 2 heteroatoms. The van der Waals surface area contributed by atoms with Gasteiger partial charge in [-0.3, -0.25) is 0 Å². The lowest BCUT2D eigenvalue weighted by molar-refractivity contribution is 0.583. The van der Waals surface area contributed by atoms with Gasteiger partial charge in [0.2, 0.25) is 0 Å². The third kappa shape index (κ3) is 1.34. The van der Waals surface area contributed by atoms with Crippen molar-refractivity contribution in [2.45, 2.75) is 25.2 Å². The summed E-state index contributed by atoms with van der Waals surface area (Å²) in [6.07, 6.45) is 2.25. The van der Waals surface area contributed by atoms with Crippen LogP contribution in [0.4, 0.5) is 4.39 Å². The molecule has 1 aliphatic carbocycles. The van der Waals surface area contributed by atoms with Gasteiger partial charge in [-0.15, -0.1) is 0 Å². The van der Waals surface area contributed by atoms with E-state index in [1.54, 1.807) is 12.1 Å². The minimum Gasteiger partial charge on any atom is -0.330 e. The van der Waals surface area contributed by atoms with E-state index in [1.807, 2.05) is 6.07 Å².